The molecule has 0 aliphatic rings. The molecule has 8 heteroatoms. The van der Waals surface area contributed by atoms with Crippen LogP contribution in [0.25, 0.3) is 0 Å². The molecule has 2 aromatic carbocycles. The predicted octanol–water partition coefficient (Wildman–Crippen LogP) is 3.78. The van der Waals surface area contributed by atoms with Crippen LogP contribution in [0.5, 0.6) is 0 Å². The second kappa shape index (κ2) is 8.49. The van der Waals surface area contributed by atoms with Crippen LogP contribution in [-0.4, -0.2) is 17.4 Å². The van der Waals surface area contributed by atoms with Crippen LogP contribution >= 0.6 is 23.2 Å². The number of quaternary nitrogens is 1. The van der Waals surface area contributed by atoms with Gasteiger partial charge >= 0.3 is 0 Å². The zero-order valence-electron chi connectivity index (χ0n) is 14.7. The summed E-state index contributed by atoms with van der Waals surface area (Å²) in [5.74, 6) is -0.326. The number of anilines is 1. The van der Waals surface area contributed by atoms with Crippen molar-refractivity contribution in [3.8, 4) is 0 Å². The molecule has 1 atom stereocenters. The lowest BCUT2D eigenvalue weighted by atomic mass is 10.1. The van der Waals surface area contributed by atoms with Gasteiger partial charge in [0.25, 0.3) is 11.6 Å². The lowest BCUT2D eigenvalue weighted by Gasteiger charge is -2.13. The number of nitro benzene ring substituents is 1. The van der Waals surface area contributed by atoms with Gasteiger partial charge in [0, 0.05) is 16.7 Å². The number of nitrogens with zero attached hydrogens (tertiary/aromatic N) is 1. The highest BCUT2D eigenvalue weighted by atomic mass is 35.5. The minimum absolute atomic E-state index is 0.0692. The van der Waals surface area contributed by atoms with E-state index in [0.29, 0.717) is 10.0 Å². The molecule has 0 heterocycles. The zero-order chi connectivity index (χ0) is 19.4. The Morgan fingerprint density at radius 3 is 2.50 bits per heavy atom. The van der Waals surface area contributed by atoms with Gasteiger partial charge in [-0.1, -0.05) is 29.3 Å². The van der Waals surface area contributed by atoms with E-state index in [2.05, 4.69) is 5.32 Å². The molecule has 0 bridgehead atoms. The molecule has 2 rings (SSSR count). The maximum atomic E-state index is 12.2. The minimum atomic E-state index is -0.498. The van der Waals surface area contributed by atoms with Gasteiger partial charge in [0.1, 0.15) is 11.7 Å². The number of amides is 1. The molecule has 0 spiro atoms. The van der Waals surface area contributed by atoms with Crippen LogP contribution < -0.4 is 10.6 Å². The summed E-state index contributed by atoms with van der Waals surface area (Å²) in [5.41, 5.74) is 2.62. The maximum Gasteiger partial charge on any atom is 0.293 e. The fraction of sp³-hybridized carbons (Fsp3) is 0.278. The molecule has 0 aliphatic carbocycles. The van der Waals surface area contributed by atoms with Gasteiger partial charge in [-0.15, -0.1) is 0 Å². The van der Waals surface area contributed by atoms with Crippen molar-refractivity contribution in [2.24, 2.45) is 0 Å². The van der Waals surface area contributed by atoms with E-state index in [9.17, 15) is 14.9 Å². The highest BCUT2D eigenvalue weighted by Gasteiger charge is 2.19. The van der Waals surface area contributed by atoms with Crippen molar-refractivity contribution in [3.63, 3.8) is 0 Å². The Bertz CT molecular complexity index is 856. The third kappa shape index (κ3) is 4.94. The first-order chi connectivity index (χ1) is 12.2. The Hall–Kier alpha value is -2.15. The van der Waals surface area contributed by atoms with E-state index in [0.717, 1.165) is 16.7 Å². The Morgan fingerprint density at radius 2 is 1.88 bits per heavy atom. The number of hydrogen-bond donors (Lipinski definition) is 2. The minimum Gasteiger partial charge on any atom is -0.332 e. The lowest BCUT2D eigenvalue weighted by molar-refractivity contribution is -0.682. The van der Waals surface area contributed by atoms with E-state index in [4.69, 9.17) is 23.2 Å². The first kappa shape index (κ1) is 20.2. The van der Waals surface area contributed by atoms with Crippen molar-refractivity contribution in [1.82, 2.24) is 0 Å². The van der Waals surface area contributed by atoms with Crippen LogP contribution in [0.1, 0.15) is 29.7 Å². The lowest BCUT2D eigenvalue weighted by Crippen LogP contribution is -2.86. The molecule has 2 aromatic rings. The summed E-state index contributed by atoms with van der Waals surface area (Å²) in [4.78, 5) is 22.9. The Balaban J connectivity index is 2.05. The second-order valence-corrected chi connectivity index (χ2v) is 7.00. The number of nitrogens with one attached hydrogen (secondary N) is 1. The molecule has 6 nitrogen and oxygen atoms in total. The SMILES string of the molecule is Cc1cc(NC(=O)C[NH2+][C@@H](C)c2ccc(Cl)cc2Cl)c([N+](=O)[O-])cc1C. The molecule has 0 saturated heterocycles. The monoisotopic (exact) mass is 396 g/mol. The van der Waals surface area contributed by atoms with Gasteiger partial charge in [0.15, 0.2) is 6.54 Å². The first-order valence-corrected chi connectivity index (χ1v) is 8.78. The number of halogens is 2. The summed E-state index contributed by atoms with van der Waals surface area (Å²) in [6, 6.07) is 8.22. The molecule has 1 amide bonds. The molecule has 0 radical (unpaired) electrons. The average Bonchev–Trinajstić information content (AvgIpc) is 2.55. The van der Waals surface area contributed by atoms with E-state index >= 15 is 0 Å². The van der Waals surface area contributed by atoms with Crippen LogP contribution in [0.15, 0.2) is 30.3 Å². The maximum absolute atomic E-state index is 12.2. The fourth-order valence-electron chi connectivity index (χ4n) is 2.53. The van der Waals surface area contributed by atoms with E-state index < -0.39 is 4.92 Å². The van der Waals surface area contributed by atoms with E-state index in [1.54, 1.807) is 30.4 Å². The quantitative estimate of drug-likeness (QED) is 0.574. The standard InChI is InChI=1S/C18H19Cl2N3O3/c1-10-6-16(17(23(25)26)7-11(10)2)22-18(24)9-21-12(3)14-5-4-13(19)8-15(14)20/h4-8,12,21H,9H2,1-3H3,(H,22,24)/p+1/t12-/m0/s1. The topological polar surface area (TPSA) is 88.8 Å². The van der Waals surface area contributed by atoms with Gasteiger partial charge in [-0.3, -0.25) is 14.9 Å². The molecular weight excluding hydrogens is 377 g/mol. The molecule has 138 valence electrons. The molecule has 26 heavy (non-hydrogen) atoms. The van der Waals surface area contributed by atoms with Crippen molar-refractivity contribution < 1.29 is 15.0 Å². The summed E-state index contributed by atoms with van der Waals surface area (Å²) in [7, 11) is 0. The van der Waals surface area contributed by atoms with Gasteiger partial charge in [-0.05, 0) is 50.1 Å². The van der Waals surface area contributed by atoms with Crippen LogP contribution in [0.4, 0.5) is 11.4 Å². The largest absolute Gasteiger partial charge is 0.332 e. The summed E-state index contributed by atoms with van der Waals surface area (Å²) < 4.78 is 0. The molecule has 0 unspecified atom stereocenters. The van der Waals surface area contributed by atoms with Crippen molar-refractivity contribution >= 4 is 40.5 Å². The average molecular weight is 397 g/mol. The van der Waals surface area contributed by atoms with E-state index in [1.165, 1.54) is 6.07 Å². The molecule has 3 N–H and O–H groups in total. The number of rotatable bonds is 6. The Kier molecular flexibility index (Phi) is 6.58. The van der Waals surface area contributed by atoms with Gasteiger partial charge in [0.2, 0.25) is 0 Å². The summed E-state index contributed by atoms with van der Waals surface area (Å²) in [5, 5.41) is 16.7. The number of hydrogen-bond acceptors (Lipinski definition) is 3. The van der Waals surface area contributed by atoms with E-state index in [1.807, 2.05) is 19.9 Å². The van der Waals surface area contributed by atoms with Crippen molar-refractivity contribution in [3.05, 3.63) is 67.2 Å². The Morgan fingerprint density at radius 1 is 1.23 bits per heavy atom. The number of carbonyl (C=O) groups is 1. The molecular formula is C18H20Cl2N3O3+. The molecule has 0 aromatic heterocycles. The van der Waals surface area contributed by atoms with Gasteiger partial charge < -0.3 is 10.6 Å². The zero-order valence-corrected chi connectivity index (χ0v) is 16.2. The Labute approximate surface area is 161 Å². The number of benzene rings is 2. The van der Waals surface area contributed by atoms with Gasteiger partial charge in [-0.2, -0.15) is 0 Å². The number of nitrogens with two attached hydrogens (primary N) is 1. The third-order valence-electron chi connectivity index (χ3n) is 4.19. The third-order valence-corrected chi connectivity index (χ3v) is 4.76. The molecule has 0 saturated carbocycles. The summed E-state index contributed by atoms with van der Waals surface area (Å²) in [6.07, 6.45) is 0. The normalized spacial score (nSPS) is 11.9. The van der Waals surface area contributed by atoms with Crippen molar-refractivity contribution in [1.29, 1.82) is 0 Å². The highest BCUT2D eigenvalue weighted by Crippen LogP contribution is 2.28. The van der Waals surface area contributed by atoms with Gasteiger partial charge in [-0.25, -0.2) is 0 Å². The van der Waals surface area contributed by atoms with Crippen LogP contribution in [-0.2, 0) is 4.79 Å². The van der Waals surface area contributed by atoms with Gasteiger partial charge in [0.05, 0.1) is 9.95 Å². The summed E-state index contributed by atoms with van der Waals surface area (Å²) in [6.45, 7) is 5.65. The summed E-state index contributed by atoms with van der Waals surface area (Å²) >= 11 is 12.1. The number of aryl methyl sites for hydroxylation is 2. The van der Waals surface area contributed by atoms with Crippen molar-refractivity contribution in [2.45, 2.75) is 26.8 Å². The smallest absolute Gasteiger partial charge is 0.293 e. The first-order valence-electron chi connectivity index (χ1n) is 8.02. The number of nitro groups is 1. The highest BCUT2D eigenvalue weighted by molar-refractivity contribution is 6.35. The molecule has 0 aliphatic heterocycles. The fourth-order valence-corrected chi connectivity index (χ4v) is 3.12. The number of carbonyl (C=O) groups excluding carboxylic acids is 1. The van der Waals surface area contributed by atoms with Crippen molar-refractivity contribution in [2.75, 3.05) is 11.9 Å². The van der Waals surface area contributed by atoms with Crippen LogP contribution in [0.2, 0.25) is 10.0 Å². The van der Waals surface area contributed by atoms with Crippen LogP contribution in [0, 0.1) is 24.0 Å². The second-order valence-electron chi connectivity index (χ2n) is 6.15. The predicted molar refractivity (Wildman–Crippen MR) is 103 cm³/mol. The molecule has 0 fully saturated rings. The van der Waals surface area contributed by atoms with Crippen LogP contribution in [0.3, 0.4) is 0 Å². The van der Waals surface area contributed by atoms with E-state index in [-0.39, 0.29) is 29.9 Å².